The molecule has 2 aliphatic rings. The van der Waals surface area contributed by atoms with Crippen LogP contribution in [0.1, 0.15) is 22.3 Å². The zero-order valence-electron chi connectivity index (χ0n) is 25.1. The molecule has 0 saturated carbocycles. The molecular formula is C35H33N3O6S2. The van der Waals surface area contributed by atoms with Gasteiger partial charge in [0.15, 0.2) is 0 Å². The van der Waals surface area contributed by atoms with Gasteiger partial charge in [-0.15, -0.1) is 0 Å². The van der Waals surface area contributed by atoms with Crippen molar-refractivity contribution in [2.45, 2.75) is 6.42 Å². The Labute approximate surface area is 276 Å². The minimum atomic E-state index is -0.986. The minimum absolute atomic E-state index is 0.138. The fraction of sp³-hybridized carbons (Fsp3) is 0.257. The number of amides is 1. The average molecular weight is 656 g/mol. The molecule has 1 N–H and O–H groups in total. The van der Waals surface area contributed by atoms with Crippen LogP contribution >= 0.6 is 24.0 Å². The Morgan fingerprint density at radius 1 is 1.00 bits per heavy atom. The van der Waals surface area contributed by atoms with Crippen LogP contribution in [0.5, 0.6) is 11.5 Å². The van der Waals surface area contributed by atoms with E-state index < -0.39 is 5.97 Å². The summed E-state index contributed by atoms with van der Waals surface area (Å²) in [6.45, 7) is 5.42. The second-order valence-electron chi connectivity index (χ2n) is 10.8. The first-order chi connectivity index (χ1) is 22.4. The zero-order valence-corrected chi connectivity index (χ0v) is 26.7. The molecule has 0 aliphatic carbocycles. The number of carbonyl (C=O) groups is 2. The van der Waals surface area contributed by atoms with Gasteiger partial charge in [-0.2, -0.15) is 0 Å². The van der Waals surface area contributed by atoms with Crippen LogP contribution < -0.4 is 9.47 Å². The lowest BCUT2D eigenvalue weighted by molar-refractivity contribution is -0.122. The number of para-hydroxylation sites is 1. The van der Waals surface area contributed by atoms with Gasteiger partial charge in [-0.05, 0) is 66.6 Å². The van der Waals surface area contributed by atoms with E-state index in [4.69, 9.17) is 31.5 Å². The van der Waals surface area contributed by atoms with E-state index in [0.717, 1.165) is 66.2 Å². The fourth-order valence-corrected chi connectivity index (χ4v) is 6.58. The molecule has 0 spiro atoms. The molecule has 3 aromatic carbocycles. The molecule has 11 heteroatoms. The number of aromatic carboxylic acids is 1. The number of hydrogen-bond acceptors (Lipinski definition) is 9. The van der Waals surface area contributed by atoms with Crippen LogP contribution in [0, 0.1) is 0 Å². The molecule has 2 saturated heterocycles. The van der Waals surface area contributed by atoms with Crippen molar-refractivity contribution in [3.63, 3.8) is 0 Å². The number of nitrogens with zero attached hydrogens (tertiary/aromatic N) is 3. The number of pyridine rings is 1. The zero-order chi connectivity index (χ0) is 31.9. The summed E-state index contributed by atoms with van der Waals surface area (Å²) in [6, 6.07) is 22.3. The average Bonchev–Trinajstić information content (AvgIpc) is 3.34. The molecule has 3 heterocycles. The summed E-state index contributed by atoms with van der Waals surface area (Å²) in [7, 11) is 0. The number of fused-ring (bicyclic) bond motifs is 1. The second kappa shape index (κ2) is 14.9. The summed E-state index contributed by atoms with van der Waals surface area (Å²) in [5.41, 5.74) is 3.81. The van der Waals surface area contributed by atoms with E-state index in [1.54, 1.807) is 17.0 Å². The summed E-state index contributed by atoms with van der Waals surface area (Å²) in [5, 5.41) is 10.1. The molecule has 0 radical (unpaired) electrons. The topological polar surface area (TPSA) is 101 Å². The van der Waals surface area contributed by atoms with E-state index in [0.29, 0.717) is 41.2 Å². The first-order valence-electron chi connectivity index (χ1n) is 15.1. The Hall–Kier alpha value is -4.29. The second-order valence-corrected chi connectivity index (χ2v) is 12.5. The quantitative estimate of drug-likeness (QED) is 0.111. The molecule has 9 nitrogen and oxygen atoms in total. The van der Waals surface area contributed by atoms with Gasteiger partial charge in [-0.3, -0.25) is 19.6 Å². The first-order valence-corrected chi connectivity index (χ1v) is 16.3. The third kappa shape index (κ3) is 7.73. The number of thioether (sulfide) groups is 1. The van der Waals surface area contributed by atoms with Crippen molar-refractivity contribution in [3.05, 3.63) is 95.0 Å². The number of thiocarbonyl (C=S) groups is 1. The monoisotopic (exact) mass is 655 g/mol. The number of aromatic nitrogens is 1. The lowest BCUT2D eigenvalue weighted by atomic mass is 10.0. The molecule has 0 bridgehead atoms. The fourth-order valence-electron chi connectivity index (χ4n) is 5.27. The van der Waals surface area contributed by atoms with Gasteiger partial charge in [0.25, 0.3) is 5.91 Å². The van der Waals surface area contributed by atoms with Gasteiger partial charge in [0.1, 0.15) is 22.4 Å². The van der Waals surface area contributed by atoms with E-state index in [1.807, 2.05) is 54.7 Å². The van der Waals surface area contributed by atoms with Crippen molar-refractivity contribution in [2.24, 2.45) is 0 Å². The predicted octanol–water partition coefficient (Wildman–Crippen LogP) is 5.98. The van der Waals surface area contributed by atoms with Crippen LogP contribution in [0.2, 0.25) is 0 Å². The van der Waals surface area contributed by atoms with E-state index in [1.165, 1.54) is 23.9 Å². The number of rotatable bonds is 12. The molecule has 2 aliphatic heterocycles. The summed E-state index contributed by atoms with van der Waals surface area (Å²) in [5.74, 6) is 0.203. The van der Waals surface area contributed by atoms with Gasteiger partial charge in [-0.25, -0.2) is 4.79 Å². The van der Waals surface area contributed by atoms with E-state index in [-0.39, 0.29) is 11.5 Å². The standard InChI is InChI=1S/C35H33N3O6S2/c39-33-32(46-35(45)38(33)12-3-16-43-28-9-7-25(8-10-28)34(40)41)21-24-6-11-31(44-19-15-37-13-17-42-18-14-37)29(20-24)27-22-26-4-1-2-5-30(26)36-23-27/h1-2,4-11,20-23H,3,12-19H2,(H,40,41)/b32-21-. The van der Waals surface area contributed by atoms with Crippen molar-refractivity contribution >= 4 is 57.2 Å². The van der Waals surface area contributed by atoms with E-state index >= 15 is 0 Å². The maximum Gasteiger partial charge on any atom is 0.335 e. The lowest BCUT2D eigenvalue weighted by Crippen LogP contribution is -2.38. The highest BCUT2D eigenvalue weighted by molar-refractivity contribution is 8.26. The lowest BCUT2D eigenvalue weighted by Gasteiger charge is -2.26. The maximum atomic E-state index is 13.4. The van der Waals surface area contributed by atoms with Crippen LogP contribution in [0.4, 0.5) is 0 Å². The van der Waals surface area contributed by atoms with Crippen LogP contribution in [0.3, 0.4) is 0 Å². The van der Waals surface area contributed by atoms with Crippen molar-refractivity contribution in [1.82, 2.24) is 14.8 Å². The number of ether oxygens (including phenoxy) is 3. The van der Waals surface area contributed by atoms with E-state index in [9.17, 15) is 9.59 Å². The highest BCUT2D eigenvalue weighted by atomic mass is 32.2. The van der Waals surface area contributed by atoms with Gasteiger partial charge in [0.2, 0.25) is 0 Å². The third-order valence-electron chi connectivity index (χ3n) is 7.74. The number of morpholine rings is 1. The van der Waals surface area contributed by atoms with Crippen molar-refractivity contribution in [3.8, 4) is 22.6 Å². The van der Waals surface area contributed by atoms with Gasteiger partial charge >= 0.3 is 5.97 Å². The Bertz CT molecular complexity index is 1770. The Balaban J connectivity index is 1.15. The van der Waals surface area contributed by atoms with Crippen molar-refractivity contribution in [2.75, 3.05) is 52.6 Å². The van der Waals surface area contributed by atoms with Crippen LogP contribution in [-0.2, 0) is 9.53 Å². The summed E-state index contributed by atoms with van der Waals surface area (Å²) >= 11 is 6.84. The third-order valence-corrected chi connectivity index (χ3v) is 9.12. The highest BCUT2D eigenvalue weighted by Gasteiger charge is 2.31. The molecule has 1 aromatic heterocycles. The number of benzene rings is 3. The van der Waals surface area contributed by atoms with Gasteiger partial charge < -0.3 is 19.3 Å². The van der Waals surface area contributed by atoms with Crippen LogP contribution in [0.15, 0.2) is 83.9 Å². The molecule has 2 fully saturated rings. The Morgan fingerprint density at radius 3 is 2.61 bits per heavy atom. The van der Waals surface area contributed by atoms with Gasteiger partial charge in [-0.1, -0.05) is 48.2 Å². The minimum Gasteiger partial charge on any atom is -0.494 e. The number of hydrogen-bond donors (Lipinski definition) is 1. The normalized spacial score (nSPS) is 16.3. The molecule has 46 heavy (non-hydrogen) atoms. The summed E-state index contributed by atoms with van der Waals surface area (Å²) in [6.07, 6.45) is 4.30. The van der Waals surface area contributed by atoms with Crippen LogP contribution in [0.25, 0.3) is 28.1 Å². The SMILES string of the molecule is O=C(O)c1ccc(OCCCN2C(=O)/C(=C/c3ccc(OCCN4CCOCC4)c(-c4cnc5ccccc5c4)c3)SC2=S)cc1. The summed E-state index contributed by atoms with van der Waals surface area (Å²) in [4.78, 5) is 33.6. The van der Waals surface area contributed by atoms with Crippen molar-refractivity contribution in [1.29, 1.82) is 0 Å². The Kier molecular flexibility index (Phi) is 10.2. The largest absolute Gasteiger partial charge is 0.494 e. The maximum absolute atomic E-state index is 13.4. The molecule has 6 rings (SSSR count). The predicted molar refractivity (Wildman–Crippen MR) is 183 cm³/mol. The smallest absolute Gasteiger partial charge is 0.335 e. The Morgan fingerprint density at radius 2 is 1.80 bits per heavy atom. The summed E-state index contributed by atoms with van der Waals surface area (Å²) < 4.78 is 18.0. The molecular weight excluding hydrogens is 623 g/mol. The molecule has 236 valence electrons. The van der Waals surface area contributed by atoms with Crippen molar-refractivity contribution < 1.29 is 28.9 Å². The van der Waals surface area contributed by atoms with Crippen LogP contribution in [-0.4, -0.2) is 88.7 Å². The van der Waals surface area contributed by atoms with E-state index in [2.05, 4.69) is 16.0 Å². The number of carboxylic acid groups (broad SMARTS) is 1. The molecule has 0 atom stereocenters. The molecule has 0 unspecified atom stereocenters. The number of carboxylic acids is 1. The van der Waals surface area contributed by atoms with Gasteiger partial charge in [0.05, 0.1) is 35.8 Å². The molecule has 1 amide bonds. The number of carbonyl (C=O) groups excluding carboxylic acids is 1. The van der Waals surface area contributed by atoms with Gasteiger partial charge in [0, 0.05) is 48.9 Å². The first kappa shape index (κ1) is 31.7. The molecule has 4 aromatic rings. The highest BCUT2D eigenvalue weighted by Crippen LogP contribution is 2.36.